The molecule has 0 aromatic heterocycles. The molecule has 0 aliphatic heterocycles. The van der Waals surface area contributed by atoms with E-state index in [0.717, 1.165) is 11.3 Å². The van der Waals surface area contributed by atoms with E-state index in [-0.39, 0.29) is 13.2 Å². The quantitative estimate of drug-likeness (QED) is 0.734. The van der Waals surface area contributed by atoms with E-state index >= 15 is 0 Å². The van der Waals surface area contributed by atoms with Crippen LogP contribution in [0.3, 0.4) is 0 Å². The Hall–Kier alpha value is -1.75. The average molecular weight is 239 g/mol. The van der Waals surface area contributed by atoms with Crippen molar-refractivity contribution in [1.29, 1.82) is 0 Å². The number of aliphatic hydroxyl groups is 1. The summed E-state index contributed by atoms with van der Waals surface area (Å²) in [5, 5.41) is 11.1. The fourth-order valence-corrected chi connectivity index (χ4v) is 1.19. The number of alkyl carbamates (subject to hydrolysis) is 1. The Morgan fingerprint density at radius 2 is 2.06 bits per heavy atom. The van der Waals surface area contributed by atoms with E-state index in [4.69, 9.17) is 14.6 Å². The third-order valence-electron chi connectivity index (χ3n) is 2.13. The topological polar surface area (TPSA) is 67.8 Å². The van der Waals surface area contributed by atoms with Crippen molar-refractivity contribution in [3.63, 3.8) is 0 Å². The number of nitrogens with one attached hydrogen (secondary N) is 1. The van der Waals surface area contributed by atoms with Crippen LogP contribution in [-0.4, -0.2) is 31.5 Å². The van der Waals surface area contributed by atoms with Crippen molar-refractivity contribution < 1.29 is 19.4 Å². The molecule has 1 amide bonds. The van der Waals surface area contributed by atoms with Gasteiger partial charge < -0.3 is 19.9 Å². The van der Waals surface area contributed by atoms with E-state index in [0.29, 0.717) is 13.0 Å². The molecular formula is C12H17NO4. The van der Waals surface area contributed by atoms with Gasteiger partial charge in [0.15, 0.2) is 0 Å². The number of carbonyl (C=O) groups excluding carboxylic acids is 1. The predicted octanol–water partition coefficient (Wildman–Crippen LogP) is 1.30. The molecule has 0 aliphatic rings. The molecule has 0 fully saturated rings. The SMILES string of the molecule is COc1ccc(COC(=O)NCCCO)cc1. The lowest BCUT2D eigenvalue weighted by molar-refractivity contribution is 0.139. The molecule has 0 spiro atoms. The number of carbonyl (C=O) groups is 1. The van der Waals surface area contributed by atoms with Gasteiger partial charge in [-0.1, -0.05) is 12.1 Å². The van der Waals surface area contributed by atoms with Crippen LogP contribution < -0.4 is 10.1 Å². The van der Waals surface area contributed by atoms with Crippen molar-refractivity contribution in [2.75, 3.05) is 20.3 Å². The highest BCUT2D eigenvalue weighted by Gasteiger charge is 2.01. The van der Waals surface area contributed by atoms with Crippen LogP contribution in [0, 0.1) is 0 Å². The zero-order valence-electron chi connectivity index (χ0n) is 9.81. The molecule has 0 bridgehead atoms. The minimum atomic E-state index is -0.478. The maximum absolute atomic E-state index is 11.2. The maximum Gasteiger partial charge on any atom is 0.407 e. The average Bonchev–Trinajstić information content (AvgIpc) is 2.37. The van der Waals surface area contributed by atoms with E-state index in [1.165, 1.54) is 0 Å². The van der Waals surface area contributed by atoms with Gasteiger partial charge in [-0.25, -0.2) is 4.79 Å². The molecule has 0 saturated carbocycles. The number of aliphatic hydroxyl groups excluding tert-OH is 1. The monoisotopic (exact) mass is 239 g/mol. The van der Waals surface area contributed by atoms with Crippen molar-refractivity contribution >= 4 is 6.09 Å². The summed E-state index contributed by atoms with van der Waals surface area (Å²) in [6, 6.07) is 7.28. The lowest BCUT2D eigenvalue weighted by Crippen LogP contribution is -2.25. The van der Waals surface area contributed by atoms with E-state index in [9.17, 15) is 4.79 Å². The molecule has 1 rings (SSSR count). The van der Waals surface area contributed by atoms with Crippen LogP contribution in [-0.2, 0) is 11.3 Å². The van der Waals surface area contributed by atoms with Gasteiger partial charge in [0.25, 0.3) is 0 Å². The Balaban J connectivity index is 2.27. The minimum Gasteiger partial charge on any atom is -0.497 e. The molecule has 2 N–H and O–H groups in total. The highest BCUT2D eigenvalue weighted by molar-refractivity contribution is 5.67. The smallest absolute Gasteiger partial charge is 0.407 e. The van der Waals surface area contributed by atoms with Gasteiger partial charge in [0, 0.05) is 13.2 Å². The normalized spacial score (nSPS) is 9.76. The number of rotatable bonds is 6. The first-order valence-corrected chi connectivity index (χ1v) is 5.40. The molecule has 17 heavy (non-hydrogen) atoms. The summed E-state index contributed by atoms with van der Waals surface area (Å²) < 4.78 is 9.99. The van der Waals surface area contributed by atoms with E-state index in [1.807, 2.05) is 24.3 Å². The molecule has 0 atom stereocenters. The number of methoxy groups -OCH3 is 1. The van der Waals surface area contributed by atoms with Crippen molar-refractivity contribution in [2.45, 2.75) is 13.0 Å². The minimum absolute atomic E-state index is 0.0543. The van der Waals surface area contributed by atoms with Gasteiger partial charge in [0.05, 0.1) is 7.11 Å². The van der Waals surface area contributed by atoms with Crippen molar-refractivity contribution in [2.24, 2.45) is 0 Å². The first kappa shape index (κ1) is 13.3. The van der Waals surface area contributed by atoms with Gasteiger partial charge in [0.1, 0.15) is 12.4 Å². The first-order valence-electron chi connectivity index (χ1n) is 5.40. The van der Waals surface area contributed by atoms with Crippen LogP contribution in [0.4, 0.5) is 4.79 Å². The van der Waals surface area contributed by atoms with Crippen LogP contribution in [0.2, 0.25) is 0 Å². The Bertz CT molecular complexity index is 337. The van der Waals surface area contributed by atoms with Crippen LogP contribution >= 0.6 is 0 Å². The number of hydrogen-bond acceptors (Lipinski definition) is 4. The van der Waals surface area contributed by atoms with E-state index < -0.39 is 6.09 Å². The largest absolute Gasteiger partial charge is 0.497 e. The summed E-state index contributed by atoms with van der Waals surface area (Å²) in [4.78, 5) is 11.2. The number of benzene rings is 1. The fraction of sp³-hybridized carbons (Fsp3) is 0.417. The molecule has 5 nitrogen and oxygen atoms in total. The van der Waals surface area contributed by atoms with Gasteiger partial charge >= 0.3 is 6.09 Å². The van der Waals surface area contributed by atoms with Gasteiger partial charge in [-0.3, -0.25) is 0 Å². The molecule has 1 aromatic carbocycles. The lowest BCUT2D eigenvalue weighted by atomic mass is 10.2. The molecular weight excluding hydrogens is 222 g/mol. The van der Waals surface area contributed by atoms with Crippen LogP contribution in [0.15, 0.2) is 24.3 Å². The number of ether oxygens (including phenoxy) is 2. The Morgan fingerprint density at radius 1 is 1.35 bits per heavy atom. The summed E-state index contributed by atoms with van der Waals surface area (Å²) in [7, 11) is 1.60. The summed E-state index contributed by atoms with van der Waals surface area (Å²) in [5.41, 5.74) is 0.892. The summed E-state index contributed by atoms with van der Waals surface area (Å²) in [6.07, 6.45) is 0.0479. The molecule has 0 heterocycles. The van der Waals surface area contributed by atoms with Crippen LogP contribution in [0.1, 0.15) is 12.0 Å². The lowest BCUT2D eigenvalue weighted by Gasteiger charge is -2.07. The Morgan fingerprint density at radius 3 is 2.65 bits per heavy atom. The predicted molar refractivity (Wildman–Crippen MR) is 62.9 cm³/mol. The molecule has 0 unspecified atom stereocenters. The van der Waals surface area contributed by atoms with E-state index in [1.54, 1.807) is 7.11 Å². The first-order chi connectivity index (χ1) is 8.26. The third kappa shape index (κ3) is 5.21. The zero-order chi connectivity index (χ0) is 12.5. The van der Waals surface area contributed by atoms with Crippen LogP contribution in [0.5, 0.6) is 5.75 Å². The van der Waals surface area contributed by atoms with Gasteiger partial charge in [0.2, 0.25) is 0 Å². The number of amides is 1. The Kier molecular flexibility index (Phi) is 5.88. The fourth-order valence-electron chi connectivity index (χ4n) is 1.19. The second-order valence-electron chi connectivity index (χ2n) is 3.43. The van der Waals surface area contributed by atoms with Crippen molar-refractivity contribution in [1.82, 2.24) is 5.32 Å². The summed E-state index contributed by atoms with van der Waals surface area (Å²) in [5.74, 6) is 0.765. The molecule has 0 aliphatic carbocycles. The van der Waals surface area contributed by atoms with Gasteiger partial charge in [-0.2, -0.15) is 0 Å². The molecule has 94 valence electrons. The van der Waals surface area contributed by atoms with E-state index in [2.05, 4.69) is 5.32 Å². The molecule has 1 aromatic rings. The number of hydrogen-bond donors (Lipinski definition) is 2. The second kappa shape index (κ2) is 7.51. The second-order valence-corrected chi connectivity index (χ2v) is 3.43. The van der Waals surface area contributed by atoms with Crippen LogP contribution in [0.25, 0.3) is 0 Å². The van der Waals surface area contributed by atoms with Gasteiger partial charge in [-0.05, 0) is 24.1 Å². The maximum atomic E-state index is 11.2. The summed E-state index contributed by atoms with van der Waals surface area (Å²) in [6.45, 7) is 0.686. The molecule has 0 radical (unpaired) electrons. The van der Waals surface area contributed by atoms with Crippen molar-refractivity contribution in [3.8, 4) is 5.75 Å². The highest BCUT2D eigenvalue weighted by atomic mass is 16.5. The Labute approximate surface area is 100 Å². The van der Waals surface area contributed by atoms with Crippen molar-refractivity contribution in [3.05, 3.63) is 29.8 Å². The highest BCUT2D eigenvalue weighted by Crippen LogP contribution is 2.11. The zero-order valence-corrected chi connectivity index (χ0v) is 9.81. The standard InChI is InChI=1S/C12H17NO4/c1-16-11-5-3-10(4-6-11)9-17-12(15)13-7-2-8-14/h3-6,14H,2,7-9H2,1H3,(H,13,15). The summed E-state index contributed by atoms with van der Waals surface area (Å²) >= 11 is 0. The molecule has 5 heteroatoms. The molecule has 0 saturated heterocycles. The van der Waals surface area contributed by atoms with Gasteiger partial charge in [-0.15, -0.1) is 0 Å². The third-order valence-corrected chi connectivity index (χ3v) is 2.13.